The van der Waals surface area contributed by atoms with Crippen LogP contribution in [0.5, 0.6) is 0 Å². The van der Waals surface area contributed by atoms with E-state index in [2.05, 4.69) is 33.9 Å². The molecule has 186 valence electrons. The van der Waals surface area contributed by atoms with Crippen molar-refractivity contribution >= 4 is 20.9 Å². The number of benzene rings is 1. The van der Waals surface area contributed by atoms with E-state index in [1.165, 1.54) is 0 Å². The summed E-state index contributed by atoms with van der Waals surface area (Å²) in [7, 11) is -1.48. The number of ether oxygens (including phenoxy) is 2. The Hall–Kier alpha value is -1.70. The molecule has 0 saturated carbocycles. The molecule has 1 aliphatic rings. The molecule has 2 rings (SSSR count). The molecule has 1 heterocycles. The van der Waals surface area contributed by atoms with E-state index >= 15 is 0 Å². The highest BCUT2D eigenvalue weighted by molar-refractivity contribution is 6.48. The van der Waals surface area contributed by atoms with E-state index in [9.17, 15) is 9.59 Å². The summed E-state index contributed by atoms with van der Waals surface area (Å²) in [6.07, 6.45) is 0. The topological polar surface area (TPSA) is 65.1 Å². The van der Waals surface area contributed by atoms with Crippen LogP contribution in [0.1, 0.15) is 61.0 Å². The van der Waals surface area contributed by atoms with Gasteiger partial charge in [-0.3, -0.25) is 9.59 Å². The molecule has 0 spiro atoms. The van der Waals surface area contributed by atoms with Gasteiger partial charge in [-0.2, -0.15) is 0 Å². The van der Waals surface area contributed by atoms with Crippen LogP contribution in [0, 0.1) is 17.3 Å². The minimum absolute atomic E-state index is 0.0287. The Bertz CT molecular complexity index is 814. The fraction of sp³-hybridized carbons (Fsp3) is 0.692. The fourth-order valence-corrected chi connectivity index (χ4v) is 5.79. The second kappa shape index (κ2) is 10.3. The van der Waals surface area contributed by atoms with Crippen LogP contribution in [0.25, 0.3) is 0 Å². The predicted octanol–water partition coefficient (Wildman–Crippen LogP) is 4.77. The maximum atomic E-state index is 13.5. The number of hydrogen-bond donors (Lipinski definition) is 0. The monoisotopic (exact) mass is 477 g/mol. The van der Waals surface area contributed by atoms with Crippen molar-refractivity contribution in [3.8, 4) is 0 Å². The summed E-state index contributed by atoms with van der Waals surface area (Å²) in [6, 6.07) is 9.25. The summed E-state index contributed by atoms with van der Waals surface area (Å²) < 4.78 is 18.2. The first-order valence-corrected chi connectivity index (χ1v) is 14.7. The summed E-state index contributed by atoms with van der Waals surface area (Å²) in [6.45, 7) is 20.6. The average molecular weight is 478 g/mol. The lowest BCUT2D eigenvalue weighted by Gasteiger charge is -2.59. The molecule has 0 bridgehead atoms. The Morgan fingerprint density at radius 1 is 1.06 bits per heavy atom. The number of esters is 1. The summed E-state index contributed by atoms with van der Waals surface area (Å²) in [5, 5.41) is 0. The normalized spacial score (nSPS) is 22.0. The summed E-state index contributed by atoms with van der Waals surface area (Å²) in [5.74, 6) is -1.31. The zero-order chi connectivity index (χ0) is 25.2. The van der Waals surface area contributed by atoms with Gasteiger partial charge in [-0.05, 0) is 58.7 Å². The number of β-lactam (4-membered cyclic amide) rings is 1. The zero-order valence-electron chi connectivity index (χ0n) is 22.1. The lowest BCUT2D eigenvalue weighted by molar-refractivity contribution is -0.211. The number of likely N-dealkylation sites (tertiary alicyclic amines) is 1. The molecule has 1 aliphatic heterocycles. The maximum Gasteiger partial charge on any atom is 0.311 e. The van der Waals surface area contributed by atoms with E-state index in [1.54, 1.807) is 4.90 Å². The minimum Gasteiger partial charge on any atom is -0.461 e. The number of hydrogen-bond acceptors (Lipinski definition) is 5. The van der Waals surface area contributed by atoms with Gasteiger partial charge >= 0.3 is 5.97 Å². The van der Waals surface area contributed by atoms with Gasteiger partial charge in [0, 0.05) is 0 Å². The first kappa shape index (κ1) is 27.5. The molecule has 0 unspecified atom stereocenters. The van der Waals surface area contributed by atoms with Crippen molar-refractivity contribution in [2.24, 2.45) is 17.3 Å². The van der Waals surface area contributed by atoms with E-state index in [0.29, 0.717) is 0 Å². The average Bonchev–Trinajstić information content (AvgIpc) is 2.68. The Morgan fingerprint density at radius 3 is 2.12 bits per heavy atom. The molecule has 4 atom stereocenters. The highest BCUT2D eigenvalue weighted by Crippen LogP contribution is 2.49. The minimum atomic E-state index is -1.48. The second-order valence-corrected chi connectivity index (χ2v) is 13.9. The third kappa shape index (κ3) is 6.46. The molecular weight excluding hydrogens is 434 g/mol. The maximum absolute atomic E-state index is 13.5. The smallest absolute Gasteiger partial charge is 0.311 e. The van der Waals surface area contributed by atoms with Crippen molar-refractivity contribution in [1.29, 1.82) is 0 Å². The third-order valence-electron chi connectivity index (χ3n) is 6.56. The van der Waals surface area contributed by atoms with Gasteiger partial charge in [0.1, 0.15) is 13.3 Å². The van der Waals surface area contributed by atoms with Gasteiger partial charge in [0.05, 0.1) is 29.1 Å². The van der Waals surface area contributed by atoms with Crippen LogP contribution in [0.3, 0.4) is 0 Å². The van der Waals surface area contributed by atoms with Crippen molar-refractivity contribution in [1.82, 2.24) is 4.90 Å². The summed E-state index contributed by atoms with van der Waals surface area (Å²) >= 11 is 0. The van der Waals surface area contributed by atoms with Gasteiger partial charge < -0.3 is 18.8 Å². The van der Waals surface area contributed by atoms with Crippen LogP contribution in [-0.4, -0.2) is 49.8 Å². The Balaban J connectivity index is 2.32. The summed E-state index contributed by atoms with van der Waals surface area (Å²) in [4.78, 5) is 28.3. The molecule has 1 saturated heterocycles. The molecule has 0 radical (unpaired) electrons. The SMILES string of the molecule is C[C@H](C(=O)OCc1ccccc1)[C@@H]1[C@@H]([C@@](C)(O[SiH](C)C)C(C)(C)C)C(=O)N1COC(C)(C)C. The molecule has 7 heteroatoms. The third-order valence-corrected chi connectivity index (χ3v) is 7.52. The van der Waals surface area contributed by atoms with E-state index < -0.39 is 32.1 Å². The van der Waals surface area contributed by atoms with Crippen LogP contribution in [0.15, 0.2) is 30.3 Å². The lowest BCUT2D eigenvalue weighted by atomic mass is 9.61. The Labute approximate surface area is 201 Å². The molecule has 1 aromatic rings. The van der Waals surface area contributed by atoms with Gasteiger partial charge in [-0.25, -0.2) is 0 Å². The fourth-order valence-electron chi connectivity index (χ4n) is 4.31. The first-order valence-electron chi connectivity index (χ1n) is 11.9. The molecule has 33 heavy (non-hydrogen) atoms. The number of amides is 1. The van der Waals surface area contributed by atoms with Crippen LogP contribution in [-0.2, 0) is 30.1 Å². The van der Waals surface area contributed by atoms with Crippen LogP contribution in [0.4, 0.5) is 0 Å². The second-order valence-electron chi connectivity index (χ2n) is 11.6. The predicted molar refractivity (Wildman–Crippen MR) is 133 cm³/mol. The molecule has 1 aromatic carbocycles. The van der Waals surface area contributed by atoms with Crippen LogP contribution in [0.2, 0.25) is 13.1 Å². The van der Waals surface area contributed by atoms with Gasteiger partial charge in [0.25, 0.3) is 0 Å². The highest BCUT2D eigenvalue weighted by atomic mass is 28.3. The van der Waals surface area contributed by atoms with Crippen molar-refractivity contribution in [3.05, 3.63) is 35.9 Å². The largest absolute Gasteiger partial charge is 0.461 e. The van der Waals surface area contributed by atoms with E-state index in [1.807, 2.05) is 65.0 Å². The number of carbonyl (C=O) groups excluding carboxylic acids is 2. The quantitative estimate of drug-likeness (QED) is 0.291. The van der Waals surface area contributed by atoms with Crippen molar-refractivity contribution in [3.63, 3.8) is 0 Å². The van der Waals surface area contributed by atoms with E-state index in [0.717, 1.165) is 5.56 Å². The van der Waals surface area contributed by atoms with Crippen LogP contribution < -0.4 is 0 Å². The van der Waals surface area contributed by atoms with Crippen molar-refractivity contribution in [2.75, 3.05) is 6.73 Å². The molecule has 1 amide bonds. The van der Waals surface area contributed by atoms with Gasteiger partial charge in [0.15, 0.2) is 9.04 Å². The number of carbonyl (C=O) groups is 2. The number of nitrogens with zero attached hydrogens (tertiary/aromatic N) is 1. The molecule has 0 N–H and O–H groups in total. The Morgan fingerprint density at radius 2 is 1.64 bits per heavy atom. The number of rotatable bonds is 9. The van der Waals surface area contributed by atoms with Gasteiger partial charge in [-0.15, -0.1) is 0 Å². The van der Waals surface area contributed by atoms with E-state index in [4.69, 9.17) is 13.9 Å². The summed E-state index contributed by atoms with van der Waals surface area (Å²) in [5.41, 5.74) is -0.475. The zero-order valence-corrected chi connectivity index (χ0v) is 23.3. The van der Waals surface area contributed by atoms with Gasteiger partial charge in [-0.1, -0.05) is 51.1 Å². The van der Waals surface area contributed by atoms with Crippen LogP contribution >= 0.6 is 0 Å². The van der Waals surface area contributed by atoms with Gasteiger partial charge in [0.2, 0.25) is 5.91 Å². The highest BCUT2D eigenvalue weighted by Gasteiger charge is 2.63. The molecule has 0 aliphatic carbocycles. The van der Waals surface area contributed by atoms with Crippen molar-refractivity contribution in [2.45, 2.75) is 92.3 Å². The lowest BCUT2D eigenvalue weighted by Crippen LogP contribution is -2.74. The van der Waals surface area contributed by atoms with Crippen molar-refractivity contribution < 1.29 is 23.5 Å². The molecular formula is C26H43NO5Si. The standard InChI is InChI=1S/C26H43NO5Si/c1-18(23(29)30-16-19-14-12-11-13-15-19)21-20(22(28)27(21)17-31-25(5,6)7)26(8,24(2,3)4)32-33(9)10/h11-15,18,20-21,33H,16-17H2,1-10H3/t18-,20+,21+,26+/m0/s1. The molecule has 1 fully saturated rings. The molecule has 6 nitrogen and oxygen atoms in total. The Kier molecular flexibility index (Phi) is 8.58. The van der Waals surface area contributed by atoms with E-state index in [-0.39, 0.29) is 36.7 Å². The first-order chi connectivity index (χ1) is 15.1. The molecule has 0 aromatic heterocycles.